The fraction of sp³-hybridized carbons (Fsp3) is 0.346. The minimum atomic E-state index is -0.318. The van der Waals surface area contributed by atoms with Crippen molar-refractivity contribution in [1.29, 1.82) is 0 Å². The van der Waals surface area contributed by atoms with Crippen molar-refractivity contribution >= 4 is 17.0 Å². The van der Waals surface area contributed by atoms with Gasteiger partial charge in [-0.1, -0.05) is 36.4 Å². The van der Waals surface area contributed by atoms with Crippen LogP contribution in [0, 0.1) is 5.82 Å². The van der Waals surface area contributed by atoms with Crippen molar-refractivity contribution in [2.75, 3.05) is 11.4 Å². The minimum Gasteiger partial charge on any atom is -0.335 e. The Morgan fingerprint density at radius 3 is 2.55 bits per heavy atom. The van der Waals surface area contributed by atoms with Crippen molar-refractivity contribution in [3.05, 3.63) is 87.6 Å². The van der Waals surface area contributed by atoms with Crippen LogP contribution in [0.15, 0.2) is 59.5 Å². The fourth-order valence-corrected chi connectivity index (χ4v) is 4.66. The van der Waals surface area contributed by atoms with Gasteiger partial charge in [-0.15, -0.1) is 0 Å². The SMILES string of the molecule is CC1c2ccccc2CCN1c1nc2c(cnn2C(C)(C)C)c(=O)n1Cc1ccc(F)cc1. The standard InChI is InChI=1S/C26H28FN5O/c1-17-21-8-6-5-7-19(21)13-14-30(17)25-29-23-22(15-28-32(23)26(2,3)4)24(33)31(25)16-18-9-11-20(27)12-10-18/h5-12,15,17H,13-14,16H2,1-4H3. The maximum atomic E-state index is 13.7. The van der Waals surface area contributed by atoms with Gasteiger partial charge in [0.25, 0.3) is 5.56 Å². The minimum absolute atomic E-state index is 0.0600. The molecule has 1 unspecified atom stereocenters. The molecule has 0 saturated heterocycles. The molecule has 0 fully saturated rings. The molecule has 33 heavy (non-hydrogen) atoms. The van der Waals surface area contributed by atoms with Crippen LogP contribution >= 0.6 is 0 Å². The Kier molecular flexibility index (Phi) is 5.07. The van der Waals surface area contributed by atoms with Crippen molar-refractivity contribution in [2.24, 2.45) is 0 Å². The molecule has 1 aliphatic rings. The van der Waals surface area contributed by atoms with Crippen LogP contribution < -0.4 is 10.5 Å². The molecule has 0 bridgehead atoms. The van der Waals surface area contributed by atoms with Gasteiger partial charge in [-0.05, 0) is 62.9 Å². The number of aromatic nitrogens is 4. The zero-order valence-electron chi connectivity index (χ0n) is 19.4. The Morgan fingerprint density at radius 1 is 1.09 bits per heavy atom. The molecule has 0 amide bonds. The van der Waals surface area contributed by atoms with E-state index in [0.29, 0.717) is 23.5 Å². The van der Waals surface area contributed by atoms with Crippen LogP contribution in [-0.2, 0) is 18.5 Å². The van der Waals surface area contributed by atoms with Gasteiger partial charge in [0.2, 0.25) is 5.95 Å². The van der Waals surface area contributed by atoms with E-state index in [1.807, 2.05) is 25.5 Å². The molecule has 0 radical (unpaired) electrons. The van der Waals surface area contributed by atoms with Gasteiger partial charge in [0, 0.05) is 6.54 Å². The number of rotatable bonds is 3. The topological polar surface area (TPSA) is 56.0 Å². The van der Waals surface area contributed by atoms with Gasteiger partial charge >= 0.3 is 0 Å². The monoisotopic (exact) mass is 445 g/mol. The number of benzene rings is 2. The maximum absolute atomic E-state index is 13.7. The summed E-state index contributed by atoms with van der Waals surface area (Å²) in [7, 11) is 0. The summed E-state index contributed by atoms with van der Waals surface area (Å²) >= 11 is 0. The number of nitrogens with zero attached hydrogens (tertiary/aromatic N) is 5. The second-order valence-corrected chi connectivity index (χ2v) is 9.71. The Bertz CT molecular complexity index is 1380. The number of hydrogen-bond donors (Lipinski definition) is 0. The molecule has 7 heteroatoms. The molecule has 1 atom stereocenters. The summed E-state index contributed by atoms with van der Waals surface area (Å²) in [6, 6.07) is 14.8. The molecule has 6 nitrogen and oxygen atoms in total. The van der Waals surface area contributed by atoms with Gasteiger partial charge in [0.1, 0.15) is 11.2 Å². The van der Waals surface area contributed by atoms with Crippen molar-refractivity contribution in [3.63, 3.8) is 0 Å². The highest BCUT2D eigenvalue weighted by atomic mass is 19.1. The summed E-state index contributed by atoms with van der Waals surface area (Å²) in [5, 5.41) is 4.99. The fourth-order valence-electron chi connectivity index (χ4n) is 4.66. The first-order chi connectivity index (χ1) is 15.7. The van der Waals surface area contributed by atoms with Crippen LogP contribution in [0.5, 0.6) is 0 Å². The third-order valence-electron chi connectivity index (χ3n) is 6.41. The zero-order chi connectivity index (χ0) is 23.3. The molecule has 0 aliphatic carbocycles. The van der Waals surface area contributed by atoms with Gasteiger partial charge < -0.3 is 4.90 Å². The predicted octanol–water partition coefficient (Wildman–Crippen LogP) is 4.66. The summed E-state index contributed by atoms with van der Waals surface area (Å²) in [6.45, 7) is 9.35. The molecule has 3 heterocycles. The van der Waals surface area contributed by atoms with Crippen LogP contribution in [0.1, 0.15) is 50.4 Å². The molecule has 0 spiro atoms. The smallest absolute Gasteiger partial charge is 0.266 e. The average molecular weight is 446 g/mol. The predicted molar refractivity (Wildman–Crippen MR) is 128 cm³/mol. The van der Waals surface area contributed by atoms with E-state index in [-0.39, 0.29) is 23.0 Å². The van der Waals surface area contributed by atoms with Crippen molar-refractivity contribution < 1.29 is 4.39 Å². The molecular formula is C26H28FN5O. The Labute approximate surface area is 192 Å². The van der Waals surface area contributed by atoms with E-state index < -0.39 is 0 Å². The van der Waals surface area contributed by atoms with E-state index >= 15 is 0 Å². The molecule has 0 N–H and O–H groups in total. The molecule has 5 rings (SSSR count). The van der Waals surface area contributed by atoms with Crippen molar-refractivity contribution in [2.45, 2.75) is 52.2 Å². The van der Waals surface area contributed by atoms with E-state index in [1.54, 1.807) is 22.9 Å². The van der Waals surface area contributed by atoms with E-state index in [2.05, 4.69) is 41.2 Å². The lowest BCUT2D eigenvalue weighted by Gasteiger charge is -2.37. The molecule has 0 saturated carbocycles. The highest BCUT2D eigenvalue weighted by Crippen LogP contribution is 2.33. The number of anilines is 1. The van der Waals surface area contributed by atoms with Crippen LogP contribution in [-0.4, -0.2) is 25.9 Å². The van der Waals surface area contributed by atoms with Gasteiger partial charge in [0.15, 0.2) is 5.65 Å². The molecular weight excluding hydrogens is 417 g/mol. The summed E-state index contributed by atoms with van der Waals surface area (Å²) in [6.07, 6.45) is 2.49. The van der Waals surface area contributed by atoms with Crippen molar-refractivity contribution in [3.8, 4) is 0 Å². The van der Waals surface area contributed by atoms with Gasteiger partial charge in [-0.2, -0.15) is 10.1 Å². The van der Waals surface area contributed by atoms with Crippen LogP contribution in [0.25, 0.3) is 11.0 Å². The number of halogens is 1. The molecule has 1 aliphatic heterocycles. The van der Waals surface area contributed by atoms with Gasteiger partial charge in [-0.25, -0.2) is 9.07 Å². The summed E-state index contributed by atoms with van der Waals surface area (Å²) in [5.74, 6) is 0.317. The molecule has 170 valence electrons. The first-order valence-electron chi connectivity index (χ1n) is 11.3. The lowest BCUT2D eigenvalue weighted by Crippen LogP contribution is -2.39. The summed E-state index contributed by atoms with van der Waals surface area (Å²) in [5.41, 5.74) is 3.55. The van der Waals surface area contributed by atoms with Crippen molar-refractivity contribution in [1.82, 2.24) is 19.3 Å². The van der Waals surface area contributed by atoms with Gasteiger partial charge in [0.05, 0.1) is 24.3 Å². The first-order valence-corrected chi connectivity index (χ1v) is 11.3. The van der Waals surface area contributed by atoms with E-state index in [0.717, 1.165) is 18.5 Å². The summed E-state index contributed by atoms with van der Waals surface area (Å²) in [4.78, 5) is 21.0. The van der Waals surface area contributed by atoms with Gasteiger partial charge in [-0.3, -0.25) is 9.36 Å². The van der Waals surface area contributed by atoms with E-state index in [1.165, 1.54) is 23.3 Å². The molecule has 4 aromatic rings. The van der Waals surface area contributed by atoms with Crippen LogP contribution in [0.2, 0.25) is 0 Å². The zero-order valence-corrected chi connectivity index (χ0v) is 19.4. The number of fused-ring (bicyclic) bond motifs is 2. The average Bonchev–Trinajstić information content (AvgIpc) is 3.22. The lowest BCUT2D eigenvalue weighted by molar-refractivity contribution is 0.365. The normalized spacial score (nSPS) is 16.3. The Morgan fingerprint density at radius 2 is 1.82 bits per heavy atom. The number of hydrogen-bond acceptors (Lipinski definition) is 4. The Balaban J connectivity index is 1.71. The van der Waals surface area contributed by atoms with E-state index in [9.17, 15) is 9.18 Å². The highest BCUT2D eigenvalue weighted by molar-refractivity contribution is 5.75. The Hall–Kier alpha value is -3.48. The second kappa shape index (κ2) is 7.83. The largest absolute Gasteiger partial charge is 0.335 e. The maximum Gasteiger partial charge on any atom is 0.266 e. The van der Waals surface area contributed by atoms with Crippen LogP contribution in [0.4, 0.5) is 10.3 Å². The third-order valence-corrected chi connectivity index (χ3v) is 6.41. The first kappa shape index (κ1) is 21.4. The summed E-state index contributed by atoms with van der Waals surface area (Å²) < 4.78 is 17.0. The van der Waals surface area contributed by atoms with Crippen LogP contribution in [0.3, 0.4) is 0 Å². The van der Waals surface area contributed by atoms with E-state index in [4.69, 9.17) is 4.98 Å². The lowest BCUT2D eigenvalue weighted by atomic mass is 9.94. The molecule has 2 aromatic heterocycles. The molecule has 2 aromatic carbocycles. The highest BCUT2D eigenvalue weighted by Gasteiger charge is 2.29. The second-order valence-electron chi connectivity index (χ2n) is 9.71. The quantitative estimate of drug-likeness (QED) is 0.460. The third kappa shape index (κ3) is 3.71.